The van der Waals surface area contributed by atoms with E-state index in [4.69, 9.17) is 19.3 Å². The van der Waals surface area contributed by atoms with E-state index in [0.717, 1.165) is 5.56 Å². The molecule has 0 saturated heterocycles. The fraction of sp³-hybridized carbons (Fsp3) is 0.529. The van der Waals surface area contributed by atoms with Gasteiger partial charge in [-0.25, -0.2) is 14.0 Å². The lowest BCUT2D eigenvalue weighted by Gasteiger charge is -2.22. The van der Waals surface area contributed by atoms with Crippen LogP contribution < -0.4 is 10.1 Å². The zero-order valence-electron chi connectivity index (χ0n) is 14.6. The first-order valence-electron chi connectivity index (χ1n) is 7.79. The molecule has 0 aliphatic heterocycles. The maximum Gasteiger partial charge on any atom is 0.408 e. The minimum Gasteiger partial charge on any atom is -0.491 e. The average Bonchev–Trinajstić information content (AvgIpc) is 2.50. The molecule has 1 amide bonds. The number of ether oxygens (including phenoxy) is 3. The maximum absolute atomic E-state index is 12.1. The molecule has 0 saturated carbocycles. The quantitative estimate of drug-likeness (QED) is 0.705. The molecule has 0 aliphatic rings. The number of carboxylic acid groups (broad SMARTS) is 1. The van der Waals surface area contributed by atoms with Gasteiger partial charge in [0, 0.05) is 0 Å². The van der Waals surface area contributed by atoms with Crippen LogP contribution in [0.3, 0.4) is 0 Å². The van der Waals surface area contributed by atoms with E-state index in [1.807, 2.05) is 0 Å². The molecule has 8 heteroatoms. The molecule has 1 aromatic carbocycles. The SMILES string of the molecule is CC(C)(C)OC(=O)N[C@@H](COCc1cccc(OCCF)c1)C(=O)O. The van der Waals surface area contributed by atoms with E-state index in [1.54, 1.807) is 45.0 Å². The van der Waals surface area contributed by atoms with E-state index >= 15 is 0 Å². The molecule has 2 N–H and O–H groups in total. The maximum atomic E-state index is 12.1. The van der Waals surface area contributed by atoms with Crippen LogP contribution in [0.25, 0.3) is 0 Å². The van der Waals surface area contributed by atoms with Gasteiger partial charge in [0.15, 0.2) is 6.04 Å². The van der Waals surface area contributed by atoms with Gasteiger partial charge in [0.25, 0.3) is 0 Å². The number of benzene rings is 1. The highest BCUT2D eigenvalue weighted by Gasteiger charge is 2.24. The molecule has 0 bridgehead atoms. The first-order valence-corrected chi connectivity index (χ1v) is 7.79. The standard InChI is InChI=1S/C17H24FNO6/c1-17(2,3)25-16(22)19-14(15(20)21)11-23-10-12-5-4-6-13(9-12)24-8-7-18/h4-6,9,14H,7-8,10-11H2,1-3H3,(H,19,22)(H,20,21)/t14-/m0/s1. The molecule has 7 nitrogen and oxygen atoms in total. The number of amides is 1. The first kappa shape index (κ1) is 20.7. The van der Waals surface area contributed by atoms with Crippen molar-refractivity contribution in [3.05, 3.63) is 29.8 Å². The second-order valence-corrected chi connectivity index (χ2v) is 6.24. The van der Waals surface area contributed by atoms with Crippen molar-refractivity contribution in [1.29, 1.82) is 0 Å². The summed E-state index contributed by atoms with van der Waals surface area (Å²) in [6.45, 7) is 4.30. The summed E-state index contributed by atoms with van der Waals surface area (Å²) in [5.41, 5.74) is 0.00591. The monoisotopic (exact) mass is 357 g/mol. The number of carbonyl (C=O) groups is 2. The van der Waals surface area contributed by atoms with Crippen LogP contribution in [0.5, 0.6) is 5.75 Å². The van der Waals surface area contributed by atoms with Crippen molar-refractivity contribution < 1.29 is 33.3 Å². The van der Waals surface area contributed by atoms with Gasteiger partial charge in [0.2, 0.25) is 0 Å². The van der Waals surface area contributed by atoms with E-state index < -0.39 is 30.4 Å². The van der Waals surface area contributed by atoms with E-state index in [2.05, 4.69) is 5.32 Å². The molecule has 140 valence electrons. The van der Waals surface area contributed by atoms with Crippen LogP contribution in [0.1, 0.15) is 26.3 Å². The zero-order valence-corrected chi connectivity index (χ0v) is 14.6. The Bertz CT molecular complexity index is 573. The van der Waals surface area contributed by atoms with Crippen LogP contribution in [0.4, 0.5) is 9.18 Å². The Balaban J connectivity index is 2.50. The summed E-state index contributed by atoms with van der Waals surface area (Å²) in [6.07, 6.45) is -0.829. The van der Waals surface area contributed by atoms with E-state index in [9.17, 15) is 14.0 Å². The number of hydrogen-bond acceptors (Lipinski definition) is 5. The second kappa shape index (κ2) is 9.83. The number of alkyl halides is 1. The average molecular weight is 357 g/mol. The fourth-order valence-electron chi connectivity index (χ4n) is 1.80. The summed E-state index contributed by atoms with van der Waals surface area (Å²) in [4.78, 5) is 22.9. The highest BCUT2D eigenvalue weighted by Crippen LogP contribution is 2.14. The third-order valence-corrected chi connectivity index (χ3v) is 2.79. The normalized spacial score (nSPS) is 12.3. The number of carboxylic acids is 1. The van der Waals surface area contributed by atoms with Crippen LogP contribution in [0, 0.1) is 0 Å². The first-order chi connectivity index (χ1) is 11.7. The second-order valence-electron chi connectivity index (χ2n) is 6.24. The number of alkyl carbamates (subject to hydrolysis) is 1. The molecule has 0 fully saturated rings. The van der Waals surface area contributed by atoms with Gasteiger partial charge in [-0.2, -0.15) is 0 Å². The number of nitrogens with one attached hydrogen (secondary N) is 1. The Kier molecular flexibility index (Phi) is 8.13. The van der Waals surface area contributed by atoms with Gasteiger partial charge >= 0.3 is 12.1 Å². The van der Waals surface area contributed by atoms with Gasteiger partial charge in [-0.1, -0.05) is 12.1 Å². The Labute approximate surface area is 146 Å². The summed E-state index contributed by atoms with van der Waals surface area (Å²) < 4.78 is 27.6. The fourth-order valence-corrected chi connectivity index (χ4v) is 1.80. The smallest absolute Gasteiger partial charge is 0.408 e. The van der Waals surface area contributed by atoms with Gasteiger partial charge in [-0.3, -0.25) is 0 Å². The molecule has 0 unspecified atom stereocenters. The van der Waals surface area contributed by atoms with E-state index in [0.29, 0.717) is 5.75 Å². The molecular formula is C17H24FNO6. The van der Waals surface area contributed by atoms with Crippen molar-refractivity contribution in [2.75, 3.05) is 19.9 Å². The lowest BCUT2D eigenvalue weighted by molar-refractivity contribution is -0.141. The van der Waals surface area contributed by atoms with Crippen molar-refractivity contribution in [2.45, 2.75) is 39.0 Å². The van der Waals surface area contributed by atoms with Crippen molar-refractivity contribution in [3.63, 3.8) is 0 Å². The lowest BCUT2D eigenvalue weighted by Crippen LogP contribution is -2.46. The number of rotatable bonds is 9. The third-order valence-electron chi connectivity index (χ3n) is 2.79. The van der Waals surface area contributed by atoms with Crippen LogP contribution >= 0.6 is 0 Å². The summed E-state index contributed by atoms with van der Waals surface area (Å²) in [5, 5.41) is 11.4. The molecule has 0 radical (unpaired) electrons. The summed E-state index contributed by atoms with van der Waals surface area (Å²) in [7, 11) is 0. The van der Waals surface area contributed by atoms with Crippen LogP contribution in [0.2, 0.25) is 0 Å². The lowest BCUT2D eigenvalue weighted by atomic mass is 10.2. The van der Waals surface area contributed by atoms with Crippen LogP contribution in [-0.4, -0.2) is 48.7 Å². The van der Waals surface area contributed by atoms with Gasteiger partial charge in [0.05, 0.1) is 13.2 Å². The molecule has 1 aromatic rings. The minimum atomic E-state index is -1.24. The van der Waals surface area contributed by atoms with Gasteiger partial charge in [0.1, 0.15) is 24.6 Å². The number of aliphatic carboxylic acids is 1. The molecule has 1 rings (SSSR count). The predicted octanol–water partition coefficient (Wildman–Crippen LogP) is 2.53. The molecule has 0 heterocycles. The Morgan fingerprint density at radius 2 is 2.04 bits per heavy atom. The van der Waals surface area contributed by atoms with Crippen molar-refractivity contribution in [2.24, 2.45) is 0 Å². The van der Waals surface area contributed by atoms with Crippen molar-refractivity contribution >= 4 is 12.1 Å². The number of hydrogen-bond donors (Lipinski definition) is 2. The van der Waals surface area contributed by atoms with E-state index in [-0.39, 0.29) is 19.8 Å². The van der Waals surface area contributed by atoms with Crippen LogP contribution in [-0.2, 0) is 20.9 Å². The summed E-state index contributed by atoms with van der Waals surface area (Å²) in [5.74, 6) is -0.730. The summed E-state index contributed by atoms with van der Waals surface area (Å²) >= 11 is 0. The number of halogens is 1. The molecule has 1 atom stereocenters. The molecule has 0 aliphatic carbocycles. The van der Waals surface area contributed by atoms with Crippen LogP contribution in [0.15, 0.2) is 24.3 Å². The molecular weight excluding hydrogens is 333 g/mol. The third kappa shape index (κ3) is 8.90. The van der Waals surface area contributed by atoms with Gasteiger partial charge in [-0.15, -0.1) is 0 Å². The highest BCUT2D eigenvalue weighted by molar-refractivity contribution is 5.80. The zero-order chi connectivity index (χ0) is 18.9. The number of carbonyl (C=O) groups excluding carboxylic acids is 1. The molecule has 0 spiro atoms. The van der Waals surface area contributed by atoms with E-state index in [1.165, 1.54) is 0 Å². The Hall–Kier alpha value is -2.35. The minimum absolute atomic E-state index is 0.0365. The van der Waals surface area contributed by atoms with Crippen molar-refractivity contribution in [1.82, 2.24) is 5.32 Å². The Morgan fingerprint density at radius 1 is 1.32 bits per heavy atom. The highest BCUT2D eigenvalue weighted by atomic mass is 19.1. The molecule has 25 heavy (non-hydrogen) atoms. The Morgan fingerprint density at radius 3 is 2.64 bits per heavy atom. The van der Waals surface area contributed by atoms with Gasteiger partial charge < -0.3 is 24.6 Å². The van der Waals surface area contributed by atoms with Gasteiger partial charge in [-0.05, 0) is 38.5 Å². The predicted molar refractivity (Wildman–Crippen MR) is 88.4 cm³/mol. The largest absolute Gasteiger partial charge is 0.491 e. The topological polar surface area (TPSA) is 94.1 Å². The summed E-state index contributed by atoms with van der Waals surface area (Å²) in [6, 6.07) is 5.61. The van der Waals surface area contributed by atoms with Crippen molar-refractivity contribution in [3.8, 4) is 5.75 Å². The molecule has 0 aromatic heterocycles.